The average Bonchev–Trinajstić information content (AvgIpc) is 3.78. The summed E-state index contributed by atoms with van der Waals surface area (Å²) in [5.74, 6) is 1.29. The fourth-order valence-corrected chi connectivity index (χ4v) is 5.36. The Morgan fingerprint density at radius 1 is 1.02 bits per heavy atom. The topological polar surface area (TPSA) is 120 Å². The van der Waals surface area contributed by atoms with Crippen LogP contribution in [-0.2, 0) is 9.59 Å². The zero-order chi connectivity index (χ0) is 33.8. The summed E-state index contributed by atoms with van der Waals surface area (Å²) in [4.78, 5) is 54.3. The van der Waals surface area contributed by atoms with Gasteiger partial charge >= 0.3 is 5.91 Å². The van der Waals surface area contributed by atoms with E-state index in [0.29, 0.717) is 44.0 Å². The summed E-state index contributed by atoms with van der Waals surface area (Å²) < 4.78 is 0. The predicted molar refractivity (Wildman–Crippen MR) is 185 cm³/mol. The lowest BCUT2D eigenvalue weighted by Gasteiger charge is -2.24. The lowest BCUT2D eigenvalue weighted by atomic mass is 10.0. The highest BCUT2D eigenvalue weighted by Gasteiger charge is 2.25. The van der Waals surface area contributed by atoms with Crippen LogP contribution < -0.4 is 26.2 Å². The molecule has 4 amide bonds. The van der Waals surface area contributed by atoms with Crippen LogP contribution in [0.15, 0.2) is 72.3 Å². The van der Waals surface area contributed by atoms with E-state index in [1.807, 2.05) is 56.3 Å². The van der Waals surface area contributed by atoms with E-state index in [0.717, 1.165) is 30.4 Å². The third-order valence-corrected chi connectivity index (χ3v) is 8.42. The number of rotatable bonds is 17. The number of anilines is 1. The molecule has 0 heterocycles. The first-order chi connectivity index (χ1) is 22.7. The van der Waals surface area contributed by atoms with Gasteiger partial charge in [0, 0.05) is 42.5 Å². The molecule has 3 atom stereocenters. The van der Waals surface area contributed by atoms with Crippen LogP contribution in [0.3, 0.4) is 0 Å². The van der Waals surface area contributed by atoms with E-state index in [1.165, 1.54) is 11.0 Å². The number of nitrogens with zero attached hydrogens (tertiary/aromatic N) is 1. The van der Waals surface area contributed by atoms with Gasteiger partial charge in [-0.05, 0) is 81.6 Å². The van der Waals surface area contributed by atoms with Crippen LogP contribution in [0.25, 0.3) is 0 Å². The van der Waals surface area contributed by atoms with E-state index in [1.54, 1.807) is 12.1 Å². The molecule has 1 radical (unpaired) electrons. The van der Waals surface area contributed by atoms with Crippen molar-refractivity contribution in [2.45, 2.75) is 70.5 Å². The van der Waals surface area contributed by atoms with Gasteiger partial charge in [0.05, 0.1) is 12.1 Å². The van der Waals surface area contributed by atoms with Gasteiger partial charge in [-0.25, -0.2) is 0 Å². The molecule has 2 aliphatic carbocycles. The molecule has 0 spiro atoms. The Hall–Kier alpha value is -4.68. The molecule has 4 N–H and O–H groups in total. The van der Waals surface area contributed by atoms with Gasteiger partial charge in [-0.2, -0.15) is 0 Å². The monoisotopic (exact) mass is 636 g/mol. The Balaban J connectivity index is 1.57. The first-order valence-corrected chi connectivity index (χ1v) is 16.4. The van der Waals surface area contributed by atoms with E-state index in [-0.39, 0.29) is 35.7 Å². The van der Waals surface area contributed by atoms with Gasteiger partial charge in [-0.3, -0.25) is 19.2 Å². The first kappa shape index (κ1) is 35.2. The van der Waals surface area contributed by atoms with Crippen molar-refractivity contribution in [3.63, 3.8) is 0 Å². The van der Waals surface area contributed by atoms with Crippen LogP contribution in [0.5, 0.6) is 0 Å². The number of hydrogen-bond acceptors (Lipinski definition) is 5. The molecule has 247 valence electrons. The third kappa shape index (κ3) is 10.7. The third-order valence-electron chi connectivity index (χ3n) is 8.42. The maximum atomic E-state index is 13.9. The Morgan fingerprint density at radius 3 is 2.34 bits per heavy atom. The molecule has 9 nitrogen and oxygen atoms in total. The van der Waals surface area contributed by atoms with Gasteiger partial charge in [0.2, 0.25) is 5.91 Å². The molecule has 2 aromatic carbocycles. The maximum Gasteiger partial charge on any atom is 0.302 e. The lowest BCUT2D eigenvalue weighted by Crippen LogP contribution is -2.49. The van der Waals surface area contributed by atoms with Crippen molar-refractivity contribution in [1.29, 1.82) is 0 Å². The zero-order valence-corrected chi connectivity index (χ0v) is 27.4. The fourth-order valence-electron chi connectivity index (χ4n) is 5.36. The van der Waals surface area contributed by atoms with Crippen molar-refractivity contribution in [3.8, 4) is 12.3 Å². The van der Waals surface area contributed by atoms with Crippen LogP contribution in [0, 0.1) is 25.2 Å². The van der Waals surface area contributed by atoms with Crippen LogP contribution in [0.2, 0.25) is 0 Å². The zero-order valence-electron chi connectivity index (χ0n) is 27.4. The van der Waals surface area contributed by atoms with Crippen LogP contribution in [-0.4, -0.2) is 55.3 Å². The molecule has 4 rings (SSSR count). The number of allylic oxidation sites excluding steroid dienone is 3. The molecule has 2 aliphatic rings. The van der Waals surface area contributed by atoms with Crippen molar-refractivity contribution < 1.29 is 19.2 Å². The Morgan fingerprint density at radius 2 is 1.72 bits per heavy atom. The summed E-state index contributed by atoms with van der Waals surface area (Å²) in [6.45, 7) is 8.89. The van der Waals surface area contributed by atoms with Crippen LogP contribution >= 0.6 is 0 Å². The molecule has 0 unspecified atom stereocenters. The molecule has 0 saturated heterocycles. The normalized spacial score (nSPS) is 15.5. The Bertz CT molecular complexity index is 1520. The van der Waals surface area contributed by atoms with Crippen LogP contribution in [0.4, 0.5) is 5.69 Å². The van der Waals surface area contributed by atoms with Gasteiger partial charge in [-0.15, -0.1) is 6.42 Å². The second kappa shape index (κ2) is 17.3. The minimum atomic E-state index is -0.572. The van der Waals surface area contributed by atoms with E-state index in [2.05, 4.69) is 40.2 Å². The van der Waals surface area contributed by atoms with Crippen molar-refractivity contribution in [2.24, 2.45) is 5.92 Å². The number of nitrogens with one attached hydrogen (secondary N) is 4. The second-order valence-electron chi connectivity index (χ2n) is 12.3. The second-order valence-corrected chi connectivity index (χ2v) is 12.3. The highest BCUT2D eigenvalue weighted by Crippen LogP contribution is 2.27. The number of carbonyl (C=O) groups excluding carboxylic acids is 4. The SMILES string of the molecule is C#CC(=O)N(CCC[CH2])c1cc(C(=O)N[C@H](CN[C@@H](C)C(=O)NCC2CC2)CC2=CC=CC2)cc(C(=O)N[C@H](C)c2ccccc2)c1. The number of carbonyl (C=O) groups is 4. The molecule has 0 aromatic heterocycles. The first-order valence-electron chi connectivity index (χ1n) is 16.4. The standard InChI is InChI=1S/C38H46N5O4/c1-5-7-19-43(35(44)6-2)34-22-31(37(46)41-26(3)30-15-9-8-10-16-30)21-32(23-34)38(47)42-33(20-28-13-11-12-14-28)25-39-27(4)36(45)40-24-29-17-18-29/h2,8-13,15-16,21-23,26-27,29,33,39H,1,5,7,14,17-20,24-25H2,3-4H3,(H,40,45)(H,41,46)(H,42,47)/t26-,27+,33+/m1/s1. The Labute approximate surface area is 278 Å². The van der Waals surface area contributed by atoms with Gasteiger partial charge in [0.15, 0.2) is 0 Å². The van der Waals surface area contributed by atoms with Crippen molar-refractivity contribution >= 4 is 29.3 Å². The highest BCUT2D eigenvalue weighted by atomic mass is 16.2. The summed E-state index contributed by atoms with van der Waals surface area (Å²) in [7, 11) is 0. The van der Waals surface area contributed by atoms with Gasteiger partial charge in [-0.1, -0.05) is 67.5 Å². The van der Waals surface area contributed by atoms with Crippen molar-refractivity contribution in [3.05, 3.63) is 95.9 Å². The molecule has 9 heteroatoms. The summed E-state index contributed by atoms with van der Waals surface area (Å²) in [5.41, 5.74) is 2.87. The van der Waals surface area contributed by atoms with Crippen LogP contribution in [0.1, 0.15) is 84.7 Å². The minimum absolute atomic E-state index is 0.0719. The molecular weight excluding hydrogens is 590 g/mol. The summed E-state index contributed by atoms with van der Waals surface area (Å²) in [6.07, 6.45) is 16.4. The molecule has 1 saturated carbocycles. The van der Waals surface area contributed by atoms with Crippen molar-refractivity contribution in [2.75, 3.05) is 24.5 Å². The predicted octanol–water partition coefficient (Wildman–Crippen LogP) is 4.64. The summed E-state index contributed by atoms with van der Waals surface area (Å²) in [6, 6.07) is 13.2. The number of unbranched alkanes of at least 4 members (excludes halogenated alkanes) is 1. The van der Waals surface area contributed by atoms with E-state index in [9.17, 15) is 19.2 Å². The van der Waals surface area contributed by atoms with E-state index in [4.69, 9.17) is 6.42 Å². The van der Waals surface area contributed by atoms with Gasteiger partial charge in [0.1, 0.15) is 0 Å². The molecule has 0 aliphatic heterocycles. The van der Waals surface area contributed by atoms with E-state index < -0.39 is 23.8 Å². The molecule has 0 bridgehead atoms. The molecule has 47 heavy (non-hydrogen) atoms. The summed E-state index contributed by atoms with van der Waals surface area (Å²) in [5, 5.41) is 12.4. The molecular formula is C38H46N5O4. The maximum absolute atomic E-state index is 13.9. The lowest BCUT2D eigenvalue weighted by molar-refractivity contribution is -0.122. The number of hydrogen-bond donors (Lipinski definition) is 4. The number of benzene rings is 2. The highest BCUT2D eigenvalue weighted by molar-refractivity contribution is 6.08. The number of terminal acetylenes is 1. The average molecular weight is 637 g/mol. The molecule has 2 aromatic rings. The molecule has 1 fully saturated rings. The van der Waals surface area contributed by atoms with Crippen molar-refractivity contribution in [1.82, 2.24) is 21.3 Å². The largest absolute Gasteiger partial charge is 0.354 e. The summed E-state index contributed by atoms with van der Waals surface area (Å²) >= 11 is 0. The fraction of sp³-hybridized carbons (Fsp3) is 0.395. The minimum Gasteiger partial charge on any atom is -0.354 e. The van der Waals surface area contributed by atoms with E-state index >= 15 is 0 Å². The quantitative estimate of drug-likeness (QED) is 0.189. The smallest absolute Gasteiger partial charge is 0.302 e. The van der Waals surface area contributed by atoms with Gasteiger partial charge in [0.25, 0.3) is 11.8 Å². The Kier molecular flexibility index (Phi) is 12.9. The number of amides is 4. The van der Waals surface area contributed by atoms with Gasteiger partial charge < -0.3 is 26.2 Å².